The first kappa shape index (κ1) is 13.9. The Morgan fingerprint density at radius 1 is 1.32 bits per heavy atom. The molecule has 102 valence electrons. The molecule has 0 spiro atoms. The Balaban J connectivity index is 2.43. The second-order valence-corrected chi connectivity index (χ2v) is 5.64. The fraction of sp³-hybridized carbons (Fsp3) is 0.462. The summed E-state index contributed by atoms with van der Waals surface area (Å²) >= 11 is 1.57. The summed E-state index contributed by atoms with van der Waals surface area (Å²) in [6.45, 7) is 6.22. The quantitative estimate of drug-likeness (QED) is 0.871. The molecule has 0 atom stereocenters. The number of imidazole rings is 1. The third-order valence-corrected chi connectivity index (χ3v) is 4.00. The van der Waals surface area contributed by atoms with Gasteiger partial charge in [0.05, 0.1) is 0 Å². The Hall–Kier alpha value is -1.56. The van der Waals surface area contributed by atoms with E-state index in [1.54, 1.807) is 18.0 Å². The van der Waals surface area contributed by atoms with Crippen LogP contribution < -0.4 is 5.32 Å². The smallest absolute Gasteiger partial charge is 0.174 e. The van der Waals surface area contributed by atoms with Crippen molar-refractivity contribution in [3.63, 3.8) is 0 Å². The van der Waals surface area contributed by atoms with Crippen LogP contribution in [0.5, 0.6) is 0 Å². The van der Waals surface area contributed by atoms with Crippen LogP contribution in [0.3, 0.4) is 0 Å². The third-order valence-electron chi connectivity index (χ3n) is 2.84. The van der Waals surface area contributed by atoms with E-state index >= 15 is 0 Å². The van der Waals surface area contributed by atoms with Gasteiger partial charge < -0.3 is 9.88 Å². The lowest BCUT2D eigenvalue weighted by atomic mass is 10.2. The molecule has 1 N–H and O–H groups in total. The Morgan fingerprint density at radius 2 is 2.05 bits per heavy atom. The first-order chi connectivity index (χ1) is 9.02. The lowest BCUT2D eigenvalue weighted by Gasteiger charge is -2.13. The highest BCUT2D eigenvalue weighted by Gasteiger charge is 2.14. The molecule has 2 aromatic rings. The standard InChI is InChI=1S/C13H19N5S/c1-8(2)10-16-11(14-4)9(3)12(17-10)19-13-15-6-7-18(13)5/h6-8H,1-5H3,(H,14,16,17). The highest BCUT2D eigenvalue weighted by Crippen LogP contribution is 2.31. The molecule has 6 heteroatoms. The average molecular weight is 277 g/mol. The zero-order chi connectivity index (χ0) is 14.0. The van der Waals surface area contributed by atoms with E-state index in [1.807, 2.05) is 31.8 Å². The SMILES string of the molecule is CNc1nc(C(C)C)nc(Sc2nccn2C)c1C. The lowest BCUT2D eigenvalue weighted by molar-refractivity contribution is 0.745. The molecule has 2 heterocycles. The Morgan fingerprint density at radius 3 is 2.58 bits per heavy atom. The molecule has 19 heavy (non-hydrogen) atoms. The van der Waals surface area contributed by atoms with E-state index in [0.29, 0.717) is 5.92 Å². The molecule has 2 rings (SSSR count). The Bertz CT molecular complexity index is 576. The van der Waals surface area contributed by atoms with Gasteiger partial charge in [0, 0.05) is 38.0 Å². The van der Waals surface area contributed by atoms with E-state index < -0.39 is 0 Å². The monoisotopic (exact) mass is 277 g/mol. The van der Waals surface area contributed by atoms with Gasteiger partial charge in [0.15, 0.2) is 5.16 Å². The number of rotatable bonds is 4. The van der Waals surface area contributed by atoms with Crippen molar-refractivity contribution in [2.45, 2.75) is 36.9 Å². The van der Waals surface area contributed by atoms with Crippen LogP contribution in [0.1, 0.15) is 31.2 Å². The number of nitrogens with zero attached hydrogens (tertiary/aromatic N) is 4. The summed E-state index contributed by atoms with van der Waals surface area (Å²) in [4.78, 5) is 13.5. The molecule has 0 aliphatic carbocycles. The molecule has 0 fully saturated rings. The van der Waals surface area contributed by atoms with Crippen molar-refractivity contribution in [1.29, 1.82) is 0 Å². The second kappa shape index (κ2) is 5.61. The molecule has 0 saturated carbocycles. The minimum Gasteiger partial charge on any atom is -0.373 e. The zero-order valence-corrected chi connectivity index (χ0v) is 12.7. The molecule has 0 aliphatic rings. The predicted octanol–water partition coefficient (Wildman–Crippen LogP) is 2.83. The van der Waals surface area contributed by atoms with Crippen LogP contribution in [-0.2, 0) is 7.05 Å². The van der Waals surface area contributed by atoms with Crippen molar-refractivity contribution in [3.8, 4) is 0 Å². The topological polar surface area (TPSA) is 55.6 Å². The van der Waals surface area contributed by atoms with Crippen LogP contribution in [0.15, 0.2) is 22.6 Å². The van der Waals surface area contributed by atoms with Crippen molar-refractivity contribution in [1.82, 2.24) is 19.5 Å². The van der Waals surface area contributed by atoms with Gasteiger partial charge in [-0.05, 0) is 18.7 Å². The average Bonchev–Trinajstić information content (AvgIpc) is 2.77. The van der Waals surface area contributed by atoms with E-state index in [1.165, 1.54) is 0 Å². The molecular formula is C13H19N5S. The second-order valence-electron chi connectivity index (χ2n) is 4.69. The minimum atomic E-state index is 0.299. The van der Waals surface area contributed by atoms with E-state index in [0.717, 1.165) is 27.4 Å². The summed E-state index contributed by atoms with van der Waals surface area (Å²) in [6.07, 6.45) is 3.72. The van der Waals surface area contributed by atoms with Gasteiger partial charge in [0.2, 0.25) is 0 Å². The van der Waals surface area contributed by atoms with Gasteiger partial charge in [0.25, 0.3) is 0 Å². The van der Waals surface area contributed by atoms with Crippen LogP contribution in [0.2, 0.25) is 0 Å². The van der Waals surface area contributed by atoms with Crippen LogP contribution in [0, 0.1) is 6.92 Å². The molecule has 0 saturated heterocycles. The maximum atomic E-state index is 4.65. The molecule has 0 unspecified atom stereocenters. The van der Waals surface area contributed by atoms with Crippen molar-refractivity contribution in [2.75, 3.05) is 12.4 Å². The first-order valence-corrected chi connectivity index (χ1v) is 7.06. The Kier molecular flexibility index (Phi) is 4.09. The summed E-state index contributed by atoms with van der Waals surface area (Å²) in [5, 5.41) is 5.02. The summed E-state index contributed by atoms with van der Waals surface area (Å²) in [5.41, 5.74) is 1.06. The van der Waals surface area contributed by atoms with Crippen molar-refractivity contribution in [2.24, 2.45) is 7.05 Å². The molecule has 2 aromatic heterocycles. The number of anilines is 1. The molecule has 0 aromatic carbocycles. The van der Waals surface area contributed by atoms with Gasteiger partial charge in [0.1, 0.15) is 16.7 Å². The fourth-order valence-corrected chi connectivity index (χ4v) is 2.53. The third kappa shape index (κ3) is 2.89. The van der Waals surface area contributed by atoms with E-state index in [4.69, 9.17) is 0 Å². The number of hydrogen-bond acceptors (Lipinski definition) is 5. The molecule has 0 bridgehead atoms. The normalized spacial score (nSPS) is 11.1. The van der Waals surface area contributed by atoms with Crippen LogP contribution in [0.25, 0.3) is 0 Å². The van der Waals surface area contributed by atoms with Gasteiger partial charge in [-0.2, -0.15) is 0 Å². The van der Waals surface area contributed by atoms with Crippen LogP contribution >= 0.6 is 11.8 Å². The maximum absolute atomic E-state index is 4.65. The summed E-state index contributed by atoms with van der Waals surface area (Å²) < 4.78 is 1.99. The van der Waals surface area contributed by atoms with Crippen molar-refractivity contribution >= 4 is 17.6 Å². The summed E-state index contributed by atoms with van der Waals surface area (Å²) in [7, 11) is 3.86. The Labute approximate surface area is 117 Å². The number of aryl methyl sites for hydroxylation is 1. The summed E-state index contributed by atoms with van der Waals surface area (Å²) in [6, 6.07) is 0. The molecule has 0 radical (unpaired) electrons. The van der Waals surface area contributed by atoms with Gasteiger partial charge in [-0.3, -0.25) is 0 Å². The van der Waals surface area contributed by atoms with Crippen molar-refractivity contribution in [3.05, 3.63) is 23.8 Å². The van der Waals surface area contributed by atoms with E-state index in [2.05, 4.69) is 34.1 Å². The fourth-order valence-electron chi connectivity index (χ4n) is 1.65. The number of nitrogens with one attached hydrogen (secondary N) is 1. The van der Waals surface area contributed by atoms with Crippen LogP contribution in [-0.4, -0.2) is 26.6 Å². The summed E-state index contributed by atoms with van der Waals surface area (Å²) in [5.74, 6) is 2.04. The first-order valence-electron chi connectivity index (χ1n) is 6.24. The largest absolute Gasteiger partial charge is 0.373 e. The number of hydrogen-bond donors (Lipinski definition) is 1. The van der Waals surface area contributed by atoms with Crippen LogP contribution in [0.4, 0.5) is 5.82 Å². The number of aromatic nitrogens is 4. The minimum absolute atomic E-state index is 0.299. The molecule has 5 nitrogen and oxygen atoms in total. The molecule has 0 amide bonds. The molecular weight excluding hydrogens is 258 g/mol. The van der Waals surface area contributed by atoms with Gasteiger partial charge in [-0.25, -0.2) is 15.0 Å². The van der Waals surface area contributed by atoms with E-state index in [9.17, 15) is 0 Å². The predicted molar refractivity (Wildman–Crippen MR) is 77.7 cm³/mol. The van der Waals surface area contributed by atoms with E-state index in [-0.39, 0.29) is 0 Å². The van der Waals surface area contributed by atoms with Gasteiger partial charge in [-0.15, -0.1) is 0 Å². The zero-order valence-electron chi connectivity index (χ0n) is 11.9. The lowest BCUT2D eigenvalue weighted by Crippen LogP contribution is -2.06. The highest BCUT2D eigenvalue weighted by molar-refractivity contribution is 7.99. The maximum Gasteiger partial charge on any atom is 0.174 e. The van der Waals surface area contributed by atoms with Gasteiger partial charge in [-0.1, -0.05) is 13.8 Å². The molecule has 0 aliphatic heterocycles. The van der Waals surface area contributed by atoms with Crippen molar-refractivity contribution < 1.29 is 0 Å². The van der Waals surface area contributed by atoms with Gasteiger partial charge >= 0.3 is 0 Å². The highest BCUT2D eigenvalue weighted by atomic mass is 32.2.